The molecule has 4 rings (SSSR count). The van der Waals surface area contributed by atoms with Crippen LogP contribution in [0.15, 0.2) is 47.4 Å². The summed E-state index contributed by atoms with van der Waals surface area (Å²) in [4.78, 5) is 35.0. The van der Waals surface area contributed by atoms with Gasteiger partial charge in [0.15, 0.2) is 5.13 Å². The molecule has 0 N–H and O–H groups in total. The third kappa shape index (κ3) is 3.95. The fourth-order valence-corrected chi connectivity index (χ4v) is 4.95. The summed E-state index contributed by atoms with van der Waals surface area (Å²) >= 11 is 3.41. The van der Waals surface area contributed by atoms with E-state index in [-0.39, 0.29) is 5.91 Å². The van der Waals surface area contributed by atoms with Crippen molar-refractivity contribution in [1.29, 1.82) is 0 Å². The van der Waals surface area contributed by atoms with Crippen LogP contribution in [0.5, 0.6) is 0 Å². The van der Waals surface area contributed by atoms with Gasteiger partial charge in [0.2, 0.25) is 0 Å². The highest BCUT2D eigenvalue weighted by Gasteiger charge is 2.26. The standard InChI is InChI=1S/C21H21N3O3S2/c1-27-20(26)16-6-4-3-5-15(16)19(25)23-9-11-24(12-10-23)21-22-17-8-7-14(28-2)13-18(17)29-21/h3-8,13H,9-12H2,1-2H3. The van der Waals surface area contributed by atoms with Gasteiger partial charge in [0.05, 0.1) is 28.5 Å². The molecule has 150 valence electrons. The van der Waals surface area contributed by atoms with E-state index in [0.29, 0.717) is 37.3 Å². The SMILES string of the molecule is COC(=O)c1ccccc1C(=O)N1CCN(c2nc3ccc(SC)cc3s2)CC1. The van der Waals surface area contributed by atoms with Crippen molar-refractivity contribution in [3.8, 4) is 0 Å². The molecule has 1 fully saturated rings. The number of hydrogen-bond donors (Lipinski definition) is 0. The molecule has 1 aliphatic rings. The van der Waals surface area contributed by atoms with Crippen LogP contribution in [0.2, 0.25) is 0 Å². The lowest BCUT2D eigenvalue weighted by Gasteiger charge is -2.34. The van der Waals surface area contributed by atoms with Crippen molar-refractivity contribution in [3.63, 3.8) is 0 Å². The molecule has 0 aliphatic carbocycles. The summed E-state index contributed by atoms with van der Waals surface area (Å²) in [5.41, 5.74) is 1.70. The molecule has 2 heterocycles. The lowest BCUT2D eigenvalue weighted by Crippen LogP contribution is -2.49. The summed E-state index contributed by atoms with van der Waals surface area (Å²) in [7, 11) is 1.32. The molecule has 8 heteroatoms. The van der Waals surface area contributed by atoms with Crippen molar-refractivity contribution in [3.05, 3.63) is 53.6 Å². The lowest BCUT2D eigenvalue weighted by atomic mass is 10.1. The number of methoxy groups -OCH3 is 1. The van der Waals surface area contributed by atoms with Gasteiger partial charge < -0.3 is 14.5 Å². The number of carbonyl (C=O) groups is 2. The van der Waals surface area contributed by atoms with E-state index in [1.807, 2.05) is 0 Å². The van der Waals surface area contributed by atoms with Gasteiger partial charge in [0.25, 0.3) is 5.91 Å². The summed E-state index contributed by atoms with van der Waals surface area (Å²) < 4.78 is 5.99. The summed E-state index contributed by atoms with van der Waals surface area (Å²) in [6.45, 7) is 2.59. The van der Waals surface area contributed by atoms with Crippen molar-refractivity contribution in [1.82, 2.24) is 9.88 Å². The predicted octanol–water partition coefficient (Wildman–Crippen LogP) is 3.77. The number of nitrogens with zero attached hydrogens (tertiary/aromatic N) is 3. The summed E-state index contributed by atoms with van der Waals surface area (Å²) in [5, 5.41) is 0.986. The molecule has 2 aromatic carbocycles. The third-order valence-electron chi connectivity index (χ3n) is 4.98. The smallest absolute Gasteiger partial charge is 0.338 e. The van der Waals surface area contributed by atoms with E-state index in [9.17, 15) is 9.59 Å². The molecule has 1 saturated heterocycles. The number of fused-ring (bicyclic) bond motifs is 1. The topological polar surface area (TPSA) is 62.7 Å². The van der Waals surface area contributed by atoms with Crippen LogP contribution in [0.4, 0.5) is 5.13 Å². The number of thiazole rings is 1. The predicted molar refractivity (Wildman–Crippen MR) is 117 cm³/mol. The fourth-order valence-electron chi connectivity index (χ4n) is 3.38. The van der Waals surface area contributed by atoms with Gasteiger partial charge in [0, 0.05) is 31.1 Å². The minimum Gasteiger partial charge on any atom is -0.465 e. The van der Waals surface area contributed by atoms with Crippen LogP contribution in [0.1, 0.15) is 20.7 Å². The Hall–Kier alpha value is -2.58. The molecule has 0 atom stereocenters. The van der Waals surface area contributed by atoms with Gasteiger partial charge in [-0.2, -0.15) is 0 Å². The van der Waals surface area contributed by atoms with Crippen molar-refractivity contribution < 1.29 is 14.3 Å². The van der Waals surface area contributed by atoms with Gasteiger partial charge in [0.1, 0.15) is 0 Å². The highest BCUT2D eigenvalue weighted by Crippen LogP contribution is 2.32. The molecule has 0 bridgehead atoms. The molecule has 0 saturated carbocycles. The van der Waals surface area contributed by atoms with Crippen LogP contribution in [0, 0.1) is 0 Å². The van der Waals surface area contributed by atoms with Gasteiger partial charge in [-0.05, 0) is 36.6 Å². The first-order chi connectivity index (χ1) is 14.1. The van der Waals surface area contributed by atoms with E-state index in [1.165, 1.54) is 16.7 Å². The molecule has 1 amide bonds. The van der Waals surface area contributed by atoms with Crippen LogP contribution >= 0.6 is 23.1 Å². The maximum Gasteiger partial charge on any atom is 0.338 e. The minimum absolute atomic E-state index is 0.139. The number of thioether (sulfide) groups is 1. The van der Waals surface area contributed by atoms with E-state index in [1.54, 1.807) is 52.3 Å². The van der Waals surface area contributed by atoms with E-state index in [0.717, 1.165) is 10.6 Å². The Morgan fingerprint density at radius 1 is 1.07 bits per heavy atom. The normalized spacial score (nSPS) is 14.3. The molecule has 0 spiro atoms. The summed E-state index contributed by atoms with van der Waals surface area (Å²) in [6.07, 6.45) is 2.07. The summed E-state index contributed by atoms with van der Waals surface area (Å²) in [5.74, 6) is -0.633. The van der Waals surface area contributed by atoms with E-state index in [4.69, 9.17) is 9.72 Å². The first-order valence-corrected chi connectivity index (χ1v) is 11.3. The number of rotatable bonds is 4. The van der Waals surface area contributed by atoms with Crippen LogP contribution in [-0.4, -0.2) is 61.3 Å². The second-order valence-corrected chi connectivity index (χ2v) is 8.54. The largest absolute Gasteiger partial charge is 0.465 e. The Morgan fingerprint density at radius 3 is 2.48 bits per heavy atom. The van der Waals surface area contributed by atoms with Gasteiger partial charge in [-0.15, -0.1) is 11.8 Å². The number of esters is 1. The number of amides is 1. The number of ether oxygens (including phenoxy) is 1. The van der Waals surface area contributed by atoms with E-state index < -0.39 is 5.97 Å². The van der Waals surface area contributed by atoms with Crippen molar-refractivity contribution >= 4 is 50.3 Å². The number of benzene rings is 2. The second kappa shape index (κ2) is 8.42. The third-order valence-corrected chi connectivity index (χ3v) is 6.79. The minimum atomic E-state index is -0.494. The van der Waals surface area contributed by atoms with Crippen molar-refractivity contribution in [2.45, 2.75) is 4.90 Å². The fraction of sp³-hybridized carbons (Fsp3) is 0.286. The molecular weight excluding hydrogens is 406 g/mol. The molecule has 1 aliphatic heterocycles. The highest BCUT2D eigenvalue weighted by atomic mass is 32.2. The monoisotopic (exact) mass is 427 g/mol. The molecular formula is C21H21N3O3S2. The Morgan fingerprint density at radius 2 is 1.79 bits per heavy atom. The highest BCUT2D eigenvalue weighted by molar-refractivity contribution is 7.98. The maximum absolute atomic E-state index is 13.0. The molecule has 6 nitrogen and oxygen atoms in total. The first kappa shape index (κ1) is 19.7. The Labute approximate surface area is 177 Å². The maximum atomic E-state index is 13.0. The average Bonchev–Trinajstić information content (AvgIpc) is 3.21. The zero-order valence-corrected chi connectivity index (χ0v) is 17.9. The zero-order valence-electron chi connectivity index (χ0n) is 16.3. The summed E-state index contributed by atoms with van der Waals surface area (Å²) in [6, 6.07) is 13.1. The molecule has 0 radical (unpaired) electrons. The van der Waals surface area contributed by atoms with Crippen LogP contribution in [0.3, 0.4) is 0 Å². The second-order valence-electron chi connectivity index (χ2n) is 6.65. The van der Waals surface area contributed by atoms with Gasteiger partial charge in [-0.25, -0.2) is 9.78 Å². The van der Waals surface area contributed by atoms with Crippen molar-refractivity contribution in [2.24, 2.45) is 0 Å². The van der Waals surface area contributed by atoms with Gasteiger partial charge >= 0.3 is 5.97 Å². The Kier molecular flexibility index (Phi) is 5.73. The zero-order chi connectivity index (χ0) is 20.4. The number of aromatic nitrogens is 1. The average molecular weight is 428 g/mol. The van der Waals surface area contributed by atoms with Gasteiger partial charge in [-0.1, -0.05) is 23.5 Å². The molecule has 0 unspecified atom stereocenters. The Balaban J connectivity index is 1.47. The quantitative estimate of drug-likeness (QED) is 0.467. The van der Waals surface area contributed by atoms with E-state index >= 15 is 0 Å². The molecule has 1 aromatic heterocycles. The number of piperazine rings is 1. The number of carbonyl (C=O) groups excluding carboxylic acids is 2. The first-order valence-electron chi connectivity index (χ1n) is 9.27. The van der Waals surface area contributed by atoms with E-state index in [2.05, 4.69) is 29.4 Å². The number of anilines is 1. The molecule has 29 heavy (non-hydrogen) atoms. The van der Waals surface area contributed by atoms with Crippen molar-refractivity contribution in [2.75, 3.05) is 44.4 Å². The lowest BCUT2D eigenvalue weighted by molar-refractivity contribution is 0.0589. The van der Waals surface area contributed by atoms with Crippen LogP contribution in [-0.2, 0) is 4.74 Å². The van der Waals surface area contributed by atoms with Gasteiger partial charge in [-0.3, -0.25) is 4.79 Å². The molecule has 3 aromatic rings. The Bertz CT molecular complexity index is 1060. The van der Waals surface area contributed by atoms with Crippen LogP contribution < -0.4 is 4.90 Å². The van der Waals surface area contributed by atoms with Crippen LogP contribution in [0.25, 0.3) is 10.2 Å². The number of hydrogen-bond acceptors (Lipinski definition) is 7.